The fraction of sp³-hybridized carbons (Fsp3) is 0.227. The molecule has 1 N–H and O–H groups in total. The number of nitrogens with one attached hydrogen (secondary N) is 1. The highest BCUT2D eigenvalue weighted by Crippen LogP contribution is 2.34. The molecule has 0 bridgehead atoms. The molecule has 0 unspecified atom stereocenters. The van der Waals surface area contributed by atoms with E-state index in [1.54, 1.807) is 30.3 Å². The van der Waals surface area contributed by atoms with Crippen LogP contribution in [0.25, 0.3) is 6.08 Å². The predicted molar refractivity (Wildman–Crippen MR) is 122 cm³/mol. The maximum absolute atomic E-state index is 12.7. The lowest BCUT2D eigenvalue weighted by Gasteiger charge is -2.15. The van der Waals surface area contributed by atoms with Gasteiger partial charge in [-0.05, 0) is 61.5 Å². The molecule has 1 aliphatic heterocycles. The number of imide groups is 1. The van der Waals surface area contributed by atoms with Crippen molar-refractivity contribution in [3.63, 3.8) is 0 Å². The monoisotopic (exact) mass is 488 g/mol. The van der Waals surface area contributed by atoms with Crippen molar-refractivity contribution < 1.29 is 19.1 Å². The number of rotatable bonds is 7. The van der Waals surface area contributed by atoms with Gasteiger partial charge >= 0.3 is 0 Å². The van der Waals surface area contributed by atoms with Gasteiger partial charge in [-0.25, -0.2) is 0 Å². The third kappa shape index (κ3) is 5.52. The van der Waals surface area contributed by atoms with Crippen molar-refractivity contribution in [2.45, 2.75) is 26.4 Å². The Hall–Kier alpha value is -2.58. The average Bonchev–Trinajstić information content (AvgIpc) is 2.98. The standard InChI is InChI=1S/C22H21BrN2O4S/c1-3-14(2)29-18-7-5-4-6-15(18)12-19-21(27)25(22(28)30-19)13-20(26)24-17-10-8-16(23)9-11-17/h4-12,14H,3,13H2,1-2H3,(H,24,26)/b19-12+/t14-/m0/s1. The molecule has 8 heteroatoms. The molecule has 1 fully saturated rings. The normalized spacial score (nSPS) is 16.1. The third-order valence-electron chi connectivity index (χ3n) is 4.41. The minimum Gasteiger partial charge on any atom is -0.490 e. The molecule has 1 heterocycles. The van der Waals surface area contributed by atoms with E-state index in [-0.39, 0.29) is 17.6 Å². The summed E-state index contributed by atoms with van der Waals surface area (Å²) in [6, 6.07) is 14.4. The van der Waals surface area contributed by atoms with Crippen LogP contribution < -0.4 is 10.1 Å². The smallest absolute Gasteiger partial charge is 0.294 e. The van der Waals surface area contributed by atoms with Gasteiger partial charge in [0.25, 0.3) is 11.1 Å². The van der Waals surface area contributed by atoms with Crippen LogP contribution in [-0.4, -0.2) is 34.6 Å². The van der Waals surface area contributed by atoms with Crippen molar-refractivity contribution in [3.05, 3.63) is 63.5 Å². The molecule has 1 saturated heterocycles. The van der Waals surface area contributed by atoms with Crippen LogP contribution in [0.1, 0.15) is 25.8 Å². The Kier molecular flexibility index (Phi) is 7.33. The first-order valence-corrected chi connectivity index (χ1v) is 11.0. The highest BCUT2D eigenvalue weighted by molar-refractivity contribution is 9.10. The Labute approximate surface area is 187 Å². The number of thioether (sulfide) groups is 1. The summed E-state index contributed by atoms with van der Waals surface area (Å²) in [6.07, 6.45) is 2.50. The first-order valence-electron chi connectivity index (χ1n) is 9.44. The molecule has 0 radical (unpaired) electrons. The zero-order chi connectivity index (χ0) is 21.7. The van der Waals surface area contributed by atoms with Crippen molar-refractivity contribution in [2.24, 2.45) is 0 Å². The highest BCUT2D eigenvalue weighted by Gasteiger charge is 2.36. The summed E-state index contributed by atoms with van der Waals surface area (Å²) in [5.74, 6) is -0.290. The van der Waals surface area contributed by atoms with Gasteiger partial charge in [-0.3, -0.25) is 19.3 Å². The van der Waals surface area contributed by atoms with E-state index < -0.39 is 17.1 Å². The Morgan fingerprint density at radius 3 is 2.60 bits per heavy atom. The van der Waals surface area contributed by atoms with Gasteiger partial charge in [-0.2, -0.15) is 0 Å². The van der Waals surface area contributed by atoms with E-state index >= 15 is 0 Å². The van der Waals surface area contributed by atoms with E-state index in [1.807, 2.05) is 38.1 Å². The maximum Gasteiger partial charge on any atom is 0.294 e. The molecule has 1 aliphatic rings. The number of hydrogen-bond donors (Lipinski definition) is 1. The summed E-state index contributed by atoms with van der Waals surface area (Å²) in [4.78, 5) is 38.6. The lowest BCUT2D eigenvalue weighted by atomic mass is 10.1. The van der Waals surface area contributed by atoms with Crippen molar-refractivity contribution in [1.82, 2.24) is 4.90 Å². The topological polar surface area (TPSA) is 75.7 Å². The largest absolute Gasteiger partial charge is 0.490 e. The second kappa shape index (κ2) is 9.95. The van der Waals surface area contributed by atoms with Crippen molar-refractivity contribution in [1.29, 1.82) is 0 Å². The van der Waals surface area contributed by atoms with E-state index in [0.717, 1.165) is 27.6 Å². The van der Waals surface area contributed by atoms with Gasteiger partial charge < -0.3 is 10.1 Å². The number of carbonyl (C=O) groups excluding carboxylic acids is 3. The zero-order valence-electron chi connectivity index (χ0n) is 16.6. The van der Waals surface area contributed by atoms with Crippen molar-refractivity contribution >= 4 is 56.5 Å². The molecule has 3 rings (SSSR count). The Balaban J connectivity index is 1.71. The molecule has 1 atom stereocenters. The molecule has 3 amide bonds. The number of anilines is 1. The molecule has 6 nitrogen and oxygen atoms in total. The predicted octanol–water partition coefficient (Wildman–Crippen LogP) is 5.30. The van der Waals surface area contributed by atoms with Gasteiger partial charge in [0, 0.05) is 15.7 Å². The molecule has 0 aromatic heterocycles. The first kappa shape index (κ1) is 22.1. The van der Waals surface area contributed by atoms with Gasteiger partial charge in [0.15, 0.2) is 0 Å². The lowest BCUT2D eigenvalue weighted by molar-refractivity contribution is -0.127. The maximum atomic E-state index is 12.7. The number of amides is 3. The Morgan fingerprint density at radius 2 is 1.90 bits per heavy atom. The zero-order valence-corrected chi connectivity index (χ0v) is 19.0. The highest BCUT2D eigenvalue weighted by atomic mass is 79.9. The van der Waals surface area contributed by atoms with Crippen LogP contribution >= 0.6 is 27.7 Å². The molecule has 0 aliphatic carbocycles. The van der Waals surface area contributed by atoms with E-state index in [4.69, 9.17) is 4.74 Å². The van der Waals surface area contributed by atoms with Crippen LogP contribution in [0.2, 0.25) is 0 Å². The number of ether oxygens (including phenoxy) is 1. The van der Waals surface area contributed by atoms with Crippen LogP contribution in [0, 0.1) is 0 Å². The summed E-state index contributed by atoms with van der Waals surface area (Å²) in [5.41, 5.74) is 1.30. The first-order chi connectivity index (χ1) is 14.4. The van der Waals surface area contributed by atoms with Crippen LogP contribution in [0.5, 0.6) is 5.75 Å². The number of nitrogens with zero attached hydrogens (tertiary/aromatic N) is 1. The van der Waals surface area contributed by atoms with E-state index in [2.05, 4.69) is 21.2 Å². The number of hydrogen-bond acceptors (Lipinski definition) is 5. The molecule has 2 aromatic carbocycles. The minimum absolute atomic E-state index is 0.0249. The van der Waals surface area contributed by atoms with Crippen LogP contribution in [0.3, 0.4) is 0 Å². The molecule has 0 spiro atoms. The SMILES string of the molecule is CC[C@H](C)Oc1ccccc1/C=C1/SC(=O)N(CC(=O)Nc2ccc(Br)cc2)C1=O. The molecular weight excluding hydrogens is 468 g/mol. The van der Waals surface area contributed by atoms with E-state index in [1.165, 1.54) is 0 Å². The average molecular weight is 489 g/mol. The van der Waals surface area contributed by atoms with E-state index in [0.29, 0.717) is 17.0 Å². The molecular formula is C22H21BrN2O4S. The Morgan fingerprint density at radius 1 is 1.20 bits per heavy atom. The summed E-state index contributed by atoms with van der Waals surface area (Å²) < 4.78 is 6.79. The lowest BCUT2D eigenvalue weighted by Crippen LogP contribution is -2.36. The second-order valence-corrected chi connectivity index (χ2v) is 8.61. The van der Waals surface area contributed by atoms with Gasteiger partial charge in [0.05, 0.1) is 11.0 Å². The van der Waals surface area contributed by atoms with Crippen molar-refractivity contribution in [3.8, 4) is 5.75 Å². The summed E-state index contributed by atoms with van der Waals surface area (Å²) in [7, 11) is 0. The fourth-order valence-corrected chi connectivity index (χ4v) is 3.76. The van der Waals surface area contributed by atoms with Crippen LogP contribution in [-0.2, 0) is 9.59 Å². The number of carbonyl (C=O) groups is 3. The minimum atomic E-state index is -0.491. The van der Waals surface area contributed by atoms with Crippen LogP contribution in [0.15, 0.2) is 57.9 Å². The summed E-state index contributed by atoms with van der Waals surface area (Å²) in [6.45, 7) is 3.65. The third-order valence-corrected chi connectivity index (χ3v) is 5.85. The van der Waals surface area contributed by atoms with Gasteiger partial charge in [-0.15, -0.1) is 0 Å². The summed E-state index contributed by atoms with van der Waals surface area (Å²) >= 11 is 4.14. The quantitative estimate of drug-likeness (QED) is 0.535. The van der Waals surface area contributed by atoms with E-state index in [9.17, 15) is 14.4 Å². The molecule has 2 aromatic rings. The number of para-hydroxylation sites is 1. The summed E-state index contributed by atoms with van der Waals surface area (Å²) in [5, 5.41) is 2.21. The Bertz CT molecular complexity index is 991. The van der Waals surface area contributed by atoms with Gasteiger partial charge in [0.1, 0.15) is 12.3 Å². The van der Waals surface area contributed by atoms with Gasteiger partial charge in [-0.1, -0.05) is 41.1 Å². The fourth-order valence-electron chi connectivity index (χ4n) is 2.66. The second-order valence-electron chi connectivity index (χ2n) is 6.70. The molecule has 30 heavy (non-hydrogen) atoms. The number of halogens is 1. The van der Waals surface area contributed by atoms with Crippen molar-refractivity contribution in [2.75, 3.05) is 11.9 Å². The molecule has 0 saturated carbocycles. The number of benzene rings is 2. The molecule has 156 valence electrons. The van der Waals surface area contributed by atoms with Gasteiger partial charge in [0.2, 0.25) is 5.91 Å². The van der Waals surface area contributed by atoms with Crippen LogP contribution in [0.4, 0.5) is 10.5 Å².